The van der Waals surface area contributed by atoms with E-state index in [-0.39, 0.29) is 6.61 Å². The SMILES string of the molecule is C=C(CC)COC(=O)Cl. The Bertz CT molecular complexity index is 120. The Morgan fingerprint density at radius 3 is 2.67 bits per heavy atom. The van der Waals surface area contributed by atoms with E-state index in [1.54, 1.807) is 0 Å². The second-order valence-corrected chi connectivity index (χ2v) is 1.94. The second kappa shape index (κ2) is 4.39. The number of hydrogen-bond acceptors (Lipinski definition) is 2. The third-order valence-electron chi connectivity index (χ3n) is 0.890. The molecule has 0 bridgehead atoms. The van der Waals surface area contributed by atoms with Gasteiger partial charge in [-0.05, 0) is 12.0 Å². The number of carbonyl (C=O) groups excluding carboxylic acids is 1. The molecule has 0 aromatic heterocycles. The van der Waals surface area contributed by atoms with Crippen LogP contribution >= 0.6 is 11.6 Å². The molecule has 0 saturated heterocycles. The van der Waals surface area contributed by atoms with Crippen molar-refractivity contribution in [2.45, 2.75) is 13.3 Å². The third-order valence-corrected chi connectivity index (χ3v) is 0.999. The van der Waals surface area contributed by atoms with Crippen LogP contribution in [0.1, 0.15) is 13.3 Å². The Morgan fingerprint density at radius 2 is 2.33 bits per heavy atom. The smallest absolute Gasteiger partial charge is 0.404 e. The normalized spacial score (nSPS) is 8.67. The lowest BCUT2D eigenvalue weighted by molar-refractivity contribution is 0.183. The summed E-state index contributed by atoms with van der Waals surface area (Å²) in [6.45, 7) is 5.78. The lowest BCUT2D eigenvalue weighted by Crippen LogP contribution is -1.97. The number of hydrogen-bond donors (Lipinski definition) is 0. The van der Waals surface area contributed by atoms with Crippen LogP contribution in [0.3, 0.4) is 0 Å². The van der Waals surface area contributed by atoms with Gasteiger partial charge in [0.25, 0.3) is 0 Å². The zero-order valence-corrected chi connectivity index (χ0v) is 6.07. The average Bonchev–Trinajstić information content (AvgIpc) is 1.83. The molecule has 3 heteroatoms. The monoisotopic (exact) mass is 148 g/mol. The molecule has 0 N–H and O–H groups in total. The predicted octanol–water partition coefficient (Wildman–Crippen LogP) is 2.33. The molecular formula is C6H9ClO2. The van der Waals surface area contributed by atoms with Crippen molar-refractivity contribution in [1.82, 2.24) is 0 Å². The van der Waals surface area contributed by atoms with Gasteiger partial charge in [0.05, 0.1) is 0 Å². The van der Waals surface area contributed by atoms with E-state index in [1.807, 2.05) is 6.92 Å². The number of rotatable bonds is 3. The van der Waals surface area contributed by atoms with Crippen molar-refractivity contribution >= 4 is 17.0 Å². The lowest BCUT2D eigenvalue weighted by Gasteiger charge is -1.99. The van der Waals surface area contributed by atoms with Crippen molar-refractivity contribution in [2.24, 2.45) is 0 Å². The fraction of sp³-hybridized carbons (Fsp3) is 0.500. The van der Waals surface area contributed by atoms with Crippen LogP contribution in [0.15, 0.2) is 12.2 Å². The maximum Gasteiger partial charge on any atom is 0.404 e. The summed E-state index contributed by atoms with van der Waals surface area (Å²) in [5.41, 5.74) is 0.0913. The maximum atomic E-state index is 9.97. The molecule has 0 amide bonds. The van der Waals surface area contributed by atoms with Crippen LogP contribution < -0.4 is 0 Å². The molecule has 0 aromatic carbocycles. The molecule has 0 aliphatic carbocycles. The third kappa shape index (κ3) is 5.37. The summed E-state index contributed by atoms with van der Waals surface area (Å²) >= 11 is 4.88. The summed E-state index contributed by atoms with van der Waals surface area (Å²) in [5, 5.41) is 0. The van der Waals surface area contributed by atoms with Gasteiger partial charge in [-0.15, -0.1) is 0 Å². The van der Waals surface area contributed by atoms with Crippen LogP contribution in [0.2, 0.25) is 0 Å². The van der Waals surface area contributed by atoms with Gasteiger partial charge in [-0.25, -0.2) is 4.79 Å². The van der Waals surface area contributed by atoms with Crippen molar-refractivity contribution in [3.05, 3.63) is 12.2 Å². The van der Waals surface area contributed by atoms with E-state index in [1.165, 1.54) is 0 Å². The molecule has 0 heterocycles. The van der Waals surface area contributed by atoms with Crippen molar-refractivity contribution < 1.29 is 9.53 Å². The van der Waals surface area contributed by atoms with E-state index in [4.69, 9.17) is 11.6 Å². The van der Waals surface area contributed by atoms with E-state index >= 15 is 0 Å². The van der Waals surface area contributed by atoms with Gasteiger partial charge in [0.2, 0.25) is 0 Å². The number of carbonyl (C=O) groups is 1. The van der Waals surface area contributed by atoms with Gasteiger partial charge >= 0.3 is 5.43 Å². The highest BCUT2D eigenvalue weighted by Gasteiger charge is 1.95. The minimum atomic E-state index is -0.774. The molecule has 9 heavy (non-hydrogen) atoms. The molecule has 0 aliphatic rings. The van der Waals surface area contributed by atoms with Crippen LogP contribution in [0.4, 0.5) is 4.79 Å². The summed E-state index contributed by atoms with van der Waals surface area (Å²) < 4.78 is 4.42. The molecule has 0 fully saturated rings. The quantitative estimate of drug-likeness (QED) is 0.454. The van der Waals surface area contributed by atoms with Gasteiger partial charge in [-0.1, -0.05) is 13.5 Å². The second-order valence-electron chi connectivity index (χ2n) is 1.63. The van der Waals surface area contributed by atoms with Gasteiger partial charge in [-0.3, -0.25) is 0 Å². The fourth-order valence-corrected chi connectivity index (χ4v) is 0.315. The zero-order valence-electron chi connectivity index (χ0n) is 5.32. The highest BCUT2D eigenvalue weighted by Crippen LogP contribution is 1.98. The fourth-order valence-electron chi connectivity index (χ4n) is 0.261. The van der Waals surface area contributed by atoms with Crippen LogP contribution in [-0.2, 0) is 4.74 Å². The van der Waals surface area contributed by atoms with Gasteiger partial charge in [-0.2, -0.15) is 0 Å². The Hall–Kier alpha value is -0.500. The molecule has 52 valence electrons. The molecule has 0 atom stereocenters. The standard InChI is InChI=1S/C6H9ClO2/c1-3-5(2)4-9-6(7)8/h2-4H2,1H3. The highest BCUT2D eigenvalue weighted by molar-refractivity contribution is 6.61. The van der Waals surface area contributed by atoms with E-state index < -0.39 is 5.43 Å². The van der Waals surface area contributed by atoms with Crippen LogP contribution in [0.25, 0.3) is 0 Å². The average molecular weight is 149 g/mol. The van der Waals surface area contributed by atoms with Crippen molar-refractivity contribution in [1.29, 1.82) is 0 Å². The first-order chi connectivity index (χ1) is 4.16. The molecule has 0 aromatic rings. The summed E-state index contributed by atoms with van der Waals surface area (Å²) in [4.78, 5) is 9.97. The summed E-state index contributed by atoms with van der Waals surface area (Å²) in [7, 11) is 0. The van der Waals surface area contributed by atoms with Crippen LogP contribution in [0, 0.1) is 0 Å². The maximum absolute atomic E-state index is 9.97. The molecule has 0 spiro atoms. The topological polar surface area (TPSA) is 26.3 Å². The Labute approximate surface area is 59.5 Å². The Kier molecular flexibility index (Phi) is 4.14. The van der Waals surface area contributed by atoms with Gasteiger partial charge in [0.15, 0.2) is 0 Å². The zero-order chi connectivity index (χ0) is 7.28. The largest absolute Gasteiger partial charge is 0.449 e. The Morgan fingerprint density at radius 1 is 1.78 bits per heavy atom. The summed E-state index contributed by atoms with van der Waals surface area (Å²) in [6.07, 6.45) is 0.810. The van der Waals surface area contributed by atoms with Gasteiger partial charge < -0.3 is 4.74 Å². The number of halogens is 1. The summed E-state index contributed by atoms with van der Waals surface area (Å²) in [6, 6.07) is 0. The molecule has 0 unspecified atom stereocenters. The highest BCUT2D eigenvalue weighted by atomic mass is 35.5. The minimum absolute atomic E-state index is 0.235. The van der Waals surface area contributed by atoms with E-state index in [2.05, 4.69) is 11.3 Å². The van der Waals surface area contributed by atoms with Crippen molar-refractivity contribution in [2.75, 3.05) is 6.61 Å². The first-order valence-corrected chi connectivity index (χ1v) is 3.03. The summed E-state index contributed by atoms with van der Waals surface area (Å²) in [5.74, 6) is 0. The molecule has 0 saturated carbocycles. The van der Waals surface area contributed by atoms with E-state index in [0.717, 1.165) is 12.0 Å². The molecule has 0 radical (unpaired) electrons. The lowest BCUT2D eigenvalue weighted by atomic mass is 10.3. The van der Waals surface area contributed by atoms with Crippen LogP contribution in [0.5, 0.6) is 0 Å². The van der Waals surface area contributed by atoms with Gasteiger partial charge in [0.1, 0.15) is 6.61 Å². The molecule has 0 rings (SSSR count). The van der Waals surface area contributed by atoms with E-state index in [0.29, 0.717) is 0 Å². The molecule has 2 nitrogen and oxygen atoms in total. The molecule has 0 aliphatic heterocycles. The van der Waals surface area contributed by atoms with Gasteiger partial charge in [0, 0.05) is 11.6 Å². The number of ether oxygens (including phenoxy) is 1. The predicted molar refractivity (Wildman–Crippen MR) is 36.6 cm³/mol. The Balaban J connectivity index is 3.28. The van der Waals surface area contributed by atoms with E-state index in [9.17, 15) is 4.79 Å². The minimum Gasteiger partial charge on any atom is -0.449 e. The van der Waals surface area contributed by atoms with Crippen molar-refractivity contribution in [3.8, 4) is 0 Å². The van der Waals surface area contributed by atoms with Crippen LogP contribution in [-0.4, -0.2) is 12.0 Å². The first kappa shape index (κ1) is 8.50. The molecular weight excluding hydrogens is 140 g/mol. The van der Waals surface area contributed by atoms with Crippen molar-refractivity contribution in [3.63, 3.8) is 0 Å². The first-order valence-electron chi connectivity index (χ1n) is 2.65.